The largest absolute Gasteiger partial charge is 0.333 e. The van der Waals surface area contributed by atoms with Gasteiger partial charge >= 0.3 is 0 Å². The Hall–Kier alpha value is -3.90. The van der Waals surface area contributed by atoms with E-state index < -0.39 is 0 Å². The van der Waals surface area contributed by atoms with E-state index in [0.717, 1.165) is 22.2 Å². The first-order valence-electron chi connectivity index (χ1n) is 11.1. The second kappa shape index (κ2) is 8.80. The highest BCUT2D eigenvalue weighted by molar-refractivity contribution is 7.98. The lowest BCUT2D eigenvalue weighted by atomic mass is 10.2. The van der Waals surface area contributed by atoms with Crippen LogP contribution in [0.2, 0.25) is 0 Å². The third kappa shape index (κ3) is 3.76. The molecular weight excluding hydrogens is 443 g/mol. The summed E-state index contributed by atoms with van der Waals surface area (Å²) in [6.07, 6.45) is 0. The Kier molecular flexibility index (Phi) is 5.35. The van der Waals surface area contributed by atoms with Gasteiger partial charge in [0.2, 0.25) is 0 Å². The molecule has 0 N–H and O–H groups in total. The van der Waals surface area contributed by atoms with Crippen LogP contribution in [0.25, 0.3) is 27.5 Å². The first-order valence-corrected chi connectivity index (χ1v) is 12.1. The van der Waals surface area contributed by atoms with Crippen molar-refractivity contribution in [3.05, 3.63) is 120 Å². The van der Waals surface area contributed by atoms with Crippen molar-refractivity contribution in [3.8, 4) is 5.69 Å². The molecule has 0 aliphatic carbocycles. The van der Waals surface area contributed by atoms with Gasteiger partial charge in [0, 0.05) is 33.2 Å². The Labute approximate surface area is 200 Å². The summed E-state index contributed by atoms with van der Waals surface area (Å²) in [6.45, 7) is 0.590. The van der Waals surface area contributed by atoms with Gasteiger partial charge in [-0.2, -0.15) is 0 Å². The Morgan fingerprint density at radius 2 is 1.29 bits per heavy atom. The minimum absolute atomic E-state index is 0.227. The zero-order valence-corrected chi connectivity index (χ0v) is 19.1. The summed E-state index contributed by atoms with van der Waals surface area (Å²) >= 11 is 1.60. The molecule has 0 saturated heterocycles. The third-order valence-electron chi connectivity index (χ3n) is 5.98. The van der Waals surface area contributed by atoms with Gasteiger partial charge in [0.1, 0.15) is 5.82 Å². The first-order chi connectivity index (χ1) is 16.8. The maximum absolute atomic E-state index is 13.3. The minimum Gasteiger partial charge on any atom is -0.333 e. The van der Waals surface area contributed by atoms with Crippen molar-refractivity contribution in [3.63, 3.8) is 0 Å². The van der Waals surface area contributed by atoms with Crippen LogP contribution in [0.15, 0.2) is 108 Å². The van der Waals surface area contributed by atoms with Gasteiger partial charge < -0.3 is 4.57 Å². The van der Waals surface area contributed by atoms with Crippen LogP contribution in [0.5, 0.6) is 0 Å². The lowest BCUT2D eigenvalue weighted by molar-refractivity contribution is 0.627. The van der Waals surface area contributed by atoms with E-state index in [0.29, 0.717) is 12.3 Å². The summed E-state index contributed by atoms with van der Waals surface area (Å²) in [5, 5.41) is 12.4. The zero-order chi connectivity index (χ0) is 22.9. The van der Waals surface area contributed by atoms with Gasteiger partial charge in [0.15, 0.2) is 11.0 Å². The number of fused-ring (bicyclic) bond motifs is 3. The van der Waals surface area contributed by atoms with Gasteiger partial charge in [-0.15, -0.1) is 10.2 Å². The quantitative estimate of drug-likeness (QED) is 0.253. The number of thioether (sulfide) groups is 1. The predicted molar refractivity (Wildman–Crippen MR) is 136 cm³/mol. The second-order valence-corrected chi connectivity index (χ2v) is 9.05. The molecule has 0 saturated carbocycles. The van der Waals surface area contributed by atoms with Crippen molar-refractivity contribution in [2.24, 2.45) is 0 Å². The van der Waals surface area contributed by atoms with E-state index in [9.17, 15) is 4.39 Å². The molecule has 2 heterocycles. The number of aromatic nitrogens is 4. The molecule has 0 aliphatic heterocycles. The van der Waals surface area contributed by atoms with Gasteiger partial charge in [-0.1, -0.05) is 78.5 Å². The van der Waals surface area contributed by atoms with Gasteiger partial charge in [0.05, 0.1) is 6.54 Å². The number of hydrogen-bond donors (Lipinski definition) is 0. The smallest absolute Gasteiger partial charge is 0.196 e. The molecule has 166 valence electrons. The van der Waals surface area contributed by atoms with E-state index in [-0.39, 0.29) is 5.82 Å². The molecule has 6 aromatic rings. The molecule has 0 aliphatic rings. The summed E-state index contributed by atoms with van der Waals surface area (Å²) in [5.74, 6) is 1.31. The SMILES string of the molecule is Fc1ccc(CSc2nnc(Cn3c4ccccc4c4ccccc43)n2-c2ccccc2)cc1. The summed E-state index contributed by atoms with van der Waals surface area (Å²) in [4.78, 5) is 0. The average molecular weight is 465 g/mol. The monoisotopic (exact) mass is 464 g/mol. The molecule has 34 heavy (non-hydrogen) atoms. The number of para-hydroxylation sites is 3. The number of nitrogens with zero attached hydrogens (tertiary/aromatic N) is 4. The highest BCUT2D eigenvalue weighted by atomic mass is 32.2. The van der Waals surface area contributed by atoms with Crippen molar-refractivity contribution < 1.29 is 4.39 Å². The molecule has 4 nitrogen and oxygen atoms in total. The molecule has 0 fully saturated rings. The third-order valence-corrected chi connectivity index (χ3v) is 6.98. The summed E-state index contributed by atoms with van der Waals surface area (Å²) in [7, 11) is 0. The Morgan fingerprint density at radius 1 is 0.676 bits per heavy atom. The second-order valence-electron chi connectivity index (χ2n) is 8.11. The summed E-state index contributed by atoms with van der Waals surface area (Å²) in [6, 6.07) is 33.7. The fraction of sp³-hybridized carbons (Fsp3) is 0.0714. The average Bonchev–Trinajstić information content (AvgIpc) is 3.44. The molecule has 6 heteroatoms. The standard InChI is InChI=1S/C28H21FN4S/c29-21-16-14-20(15-17-21)19-34-28-31-30-27(33(28)22-8-2-1-3-9-22)18-32-25-12-6-4-10-23(25)24-11-5-7-13-26(24)32/h1-17H,18-19H2. The predicted octanol–water partition coefficient (Wildman–Crippen LogP) is 6.85. The number of rotatable bonds is 6. The van der Waals surface area contributed by atoms with Crippen molar-refractivity contribution in [2.45, 2.75) is 17.5 Å². The Morgan fingerprint density at radius 3 is 1.97 bits per heavy atom. The fourth-order valence-corrected chi connectivity index (χ4v) is 5.30. The van der Waals surface area contributed by atoms with E-state index in [4.69, 9.17) is 0 Å². The molecule has 0 spiro atoms. The van der Waals surface area contributed by atoms with Crippen LogP contribution in [0.3, 0.4) is 0 Å². The van der Waals surface area contributed by atoms with Crippen LogP contribution in [-0.4, -0.2) is 19.3 Å². The maximum Gasteiger partial charge on any atom is 0.196 e. The van der Waals surface area contributed by atoms with E-state index in [2.05, 4.69) is 80.0 Å². The van der Waals surface area contributed by atoms with E-state index in [1.807, 2.05) is 30.3 Å². The molecule has 4 aromatic carbocycles. The number of halogens is 1. The van der Waals surface area contributed by atoms with Crippen LogP contribution < -0.4 is 0 Å². The van der Waals surface area contributed by atoms with Gasteiger partial charge in [-0.05, 0) is 42.0 Å². The topological polar surface area (TPSA) is 35.6 Å². The fourth-order valence-electron chi connectivity index (χ4n) is 4.38. The van der Waals surface area contributed by atoms with Crippen LogP contribution in [-0.2, 0) is 12.3 Å². The van der Waals surface area contributed by atoms with Crippen molar-refractivity contribution >= 4 is 33.6 Å². The number of benzene rings is 4. The van der Waals surface area contributed by atoms with Crippen molar-refractivity contribution in [1.29, 1.82) is 0 Å². The molecule has 6 rings (SSSR count). The van der Waals surface area contributed by atoms with E-state index in [1.165, 1.54) is 33.9 Å². The molecule has 0 radical (unpaired) electrons. The molecular formula is C28H21FN4S. The van der Waals surface area contributed by atoms with Gasteiger partial charge in [0.25, 0.3) is 0 Å². The number of hydrogen-bond acceptors (Lipinski definition) is 3. The van der Waals surface area contributed by atoms with Crippen LogP contribution >= 0.6 is 11.8 Å². The Bertz CT molecular complexity index is 1530. The molecule has 0 bridgehead atoms. The lowest BCUT2D eigenvalue weighted by Gasteiger charge is -2.12. The van der Waals surface area contributed by atoms with E-state index in [1.54, 1.807) is 11.8 Å². The molecule has 0 unspecified atom stereocenters. The summed E-state index contributed by atoms with van der Waals surface area (Å²) in [5.41, 5.74) is 4.40. The van der Waals surface area contributed by atoms with Gasteiger partial charge in [-0.25, -0.2) is 4.39 Å². The van der Waals surface area contributed by atoms with E-state index >= 15 is 0 Å². The molecule has 2 aromatic heterocycles. The molecule has 0 atom stereocenters. The molecule has 0 amide bonds. The normalized spacial score (nSPS) is 11.4. The van der Waals surface area contributed by atoms with Crippen LogP contribution in [0.1, 0.15) is 11.4 Å². The van der Waals surface area contributed by atoms with Crippen LogP contribution in [0.4, 0.5) is 4.39 Å². The van der Waals surface area contributed by atoms with Crippen molar-refractivity contribution in [2.75, 3.05) is 0 Å². The Balaban J connectivity index is 1.43. The van der Waals surface area contributed by atoms with Crippen molar-refractivity contribution in [1.82, 2.24) is 19.3 Å². The minimum atomic E-state index is -0.227. The first kappa shape index (κ1) is 20.7. The lowest BCUT2D eigenvalue weighted by Crippen LogP contribution is -2.08. The maximum atomic E-state index is 13.3. The zero-order valence-electron chi connectivity index (χ0n) is 18.3. The highest BCUT2D eigenvalue weighted by Crippen LogP contribution is 2.31. The highest BCUT2D eigenvalue weighted by Gasteiger charge is 2.18. The summed E-state index contributed by atoms with van der Waals surface area (Å²) < 4.78 is 17.7. The van der Waals surface area contributed by atoms with Gasteiger partial charge in [-0.3, -0.25) is 4.57 Å². The van der Waals surface area contributed by atoms with Crippen LogP contribution in [0, 0.1) is 5.82 Å².